The summed E-state index contributed by atoms with van der Waals surface area (Å²) < 4.78 is 8.51. The van der Waals surface area contributed by atoms with Gasteiger partial charge < -0.3 is 14.6 Å². The van der Waals surface area contributed by atoms with Crippen LogP contribution in [0.5, 0.6) is 5.75 Å². The Balaban J connectivity index is 2.03. The zero-order chi connectivity index (χ0) is 13.0. The van der Waals surface area contributed by atoms with Crippen molar-refractivity contribution in [1.29, 1.82) is 0 Å². The number of ether oxygens (including phenoxy) is 1. The molecular formula is C15H17N3O. The Hall–Kier alpha value is -1.81. The average molecular weight is 255 g/mol. The van der Waals surface area contributed by atoms with Crippen LogP contribution in [0.2, 0.25) is 0 Å². The summed E-state index contributed by atoms with van der Waals surface area (Å²) in [7, 11) is 0. The number of imidazole rings is 1. The Morgan fingerprint density at radius 1 is 1.32 bits per heavy atom. The minimum Gasteiger partial charge on any atom is -0.481 e. The molecule has 0 amide bonds. The van der Waals surface area contributed by atoms with E-state index in [1.165, 1.54) is 5.69 Å². The standard InChI is InChI=1S/C15H17N3O/c1-15(2)14-13(10-5-3-4-6-11(10)19-15)17-12-9-16-7-8-18(12)14/h3-6,16H,7-9H2,1-2H3. The van der Waals surface area contributed by atoms with Crippen molar-refractivity contribution in [2.75, 3.05) is 6.54 Å². The first-order chi connectivity index (χ1) is 9.17. The number of benzene rings is 1. The summed E-state index contributed by atoms with van der Waals surface area (Å²) >= 11 is 0. The lowest BCUT2D eigenvalue weighted by Crippen LogP contribution is -2.35. The van der Waals surface area contributed by atoms with Gasteiger partial charge in [0.1, 0.15) is 17.2 Å². The first-order valence-electron chi connectivity index (χ1n) is 6.76. The highest BCUT2D eigenvalue weighted by atomic mass is 16.5. The molecule has 0 spiro atoms. The van der Waals surface area contributed by atoms with E-state index in [-0.39, 0.29) is 5.60 Å². The highest BCUT2D eigenvalue weighted by molar-refractivity contribution is 5.72. The summed E-state index contributed by atoms with van der Waals surface area (Å²) in [5.74, 6) is 2.05. The number of hydrogen-bond acceptors (Lipinski definition) is 3. The van der Waals surface area contributed by atoms with Crippen molar-refractivity contribution in [2.24, 2.45) is 0 Å². The molecule has 2 aromatic rings. The molecule has 1 aromatic carbocycles. The fourth-order valence-electron chi connectivity index (χ4n) is 3.14. The van der Waals surface area contributed by atoms with E-state index < -0.39 is 0 Å². The van der Waals surface area contributed by atoms with Gasteiger partial charge in [0.05, 0.1) is 17.9 Å². The lowest BCUT2D eigenvalue weighted by molar-refractivity contribution is 0.0952. The molecule has 4 heteroatoms. The molecule has 0 saturated carbocycles. The van der Waals surface area contributed by atoms with Crippen LogP contribution >= 0.6 is 0 Å². The van der Waals surface area contributed by atoms with Crippen molar-refractivity contribution in [2.45, 2.75) is 32.5 Å². The molecule has 0 aliphatic carbocycles. The van der Waals surface area contributed by atoms with Crippen molar-refractivity contribution in [3.05, 3.63) is 35.8 Å². The molecule has 1 aromatic heterocycles. The maximum atomic E-state index is 6.19. The SMILES string of the molecule is CC1(C)Oc2ccccc2-c2nc3n(c21)CCNC3. The van der Waals surface area contributed by atoms with E-state index in [4.69, 9.17) is 9.72 Å². The zero-order valence-electron chi connectivity index (χ0n) is 11.2. The summed E-state index contributed by atoms with van der Waals surface area (Å²) in [5.41, 5.74) is 3.08. The molecule has 0 saturated heterocycles. The number of aromatic nitrogens is 2. The highest BCUT2D eigenvalue weighted by Gasteiger charge is 2.38. The average Bonchev–Trinajstić information content (AvgIpc) is 2.78. The van der Waals surface area contributed by atoms with Gasteiger partial charge in [-0.25, -0.2) is 4.98 Å². The van der Waals surface area contributed by atoms with Gasteiger partial charge in [-0.05, 0) is 26.0 Å². The summed E-state index contributed by atoms with van der Waals surface area (Å²) in [6, 6.07) is 8.17. The van der Waals surface area contributed by atoms with Gasteiger partial charge in [-0.15, -0.1) is 0 Å². The maximum absolute atomic E-state index is 6.19. The smallest absolute Gasteiger partial charge is 0.145 e. The van der Waals surface area contributed by atoms with Gasteiger partial charge in [0.25, 0.3) is 0 Å². The number of para-hydroxylation sites is 1. The van der Waals surface area contributed by atoms with E-state index in [0.29, 0.717) is 0 Å². The normalized spacial score (nSPS) is 19.1. The maximum Gasteiger partial charge on any atom is 0.145 e. The Bertz CT molecular complexity index is 657. The largest absolute Gasteiger partial charge is 0.481 e. The Labute approximate surface area is 112 Å². The van der Waals surface area contributed by atoms with Crippen molar-refractivity contribution < 1.29 is 4.74 Å². The quantitative estimate of drug-likeness (QED) is 0.785. The number of fused-ring (bicyclic) bond motifs is 5. The van der Waals surface area contributed by atoms with E-state index in [0.717, 1.165) is 42.5 Å². The van der Waals surface area contributed by atoms with Crippen LogP contribution in [-0.2, 0) is 18.7 Å². The monoisotopic (exact) mass is 255 g/mol. The van der Waals surface area contributed by atoms with Crippen molar-refractivity contribution in [1.82, 2.24) is 14.9 Å². The van der Waals surface area contributed by atoms with Crippen LogP contribution in [-0.4, -0.2) is 16.1 Å². The summed E-state index contributed by atoms with van der Waals surface area (Å²) in [6.45, 7) is 7.04. The van der Waals surface area contributed by atoms with E-state index in [1.54, 1.807) is 0 Å². The lowest BCUT2D eigenvalue weighted by Gasteiger charge is -2.34. The minimum absolute atomic E-state index is 0.327. The van der Waals surface area contributed by atoms with Gasteiger partial charge in [0.15, 0.2) is 0 Å². The van der Waals surface area contributed by atoms with Crippen molar-refractivity contribution >= 4 is 0 Å². The number of rotatable bonds is 0. The second-order valence-electron chi connectivity index (χ2n) is 5.66. The van der Waals surface area contributed by atoms with Crippen LogP contribution in [0.25, 0.3) is 11.3 Å². The summed E-state index contributed by atoms with van der Waals surface area (Å²) in [5, 5.41) is 3.38. The van der Waals surface area contributed by atoms with Gasteiger partial charge in [-0.2, -0.15) is 0 Å². The van der Waals surface area contributed by atoms with E-state index in [1.807, 2.05) is 18.2 Å². The van der Waals surface area contributed by atoms with E-state index in [9.17, 15) is 0 Å². The van der Waals surface area contributed by atoms with E-state index >= 15 is 0 Å². The molecule has 98 valence electrons. The fourth-order valence-corrected chi connectivity index (χ4v) is 3.14. The number of nitrogens with zero attached hydrogens (tertiary/aromatic N) is 2. The predicted octanol–water partition coefficient (Wildman–Crippen LogP) is 2.28. The third-order valence-corrected chi connectivity index (χ3v) is 3.92. The van der Waals surface area contributed by atoms with Crippen LogP contribution < -0.4 is 10.1 Å². The number of nitrogens with one attached hydrogen (secondary N) is 1. The molecular weight excluding hydrogens is 238 g/mol. The highest BCUT2D eigenvalue weighted by Crippen LogP contribution is 2.45. The predicted molar refractivity (Wildman–Crippen MR) is 73.0 cm³/mol. The molecule has 0 atom stereocenters. The van der Waals surface area contributed by atoms with Gasteiger partial charge in [0.2, 0.25) is 0 Å². The fraction of sp³-hybridized carbons (Fsp3) is 0.400. The molecule has 0 radical (unpaired) electrons. The van der Waals surface area contributed by atoms with Gasteiger partial charge in [0, 0.05) is 18.7 Å². The van der Waals surface area contributed by atoms with E-state index in [2.05, 4.69) is 29.8 Å². The minimum atomic E-state index is -0.327. The van der Waals surface area contributed by atoms with Crippen LogP contribution in [0.15, 0.2) is 24.3 Å². The Morgan fingerprint density at radius 2 is 2.16 bits per heavy atom. The van der Waals surface area contributed by atoms with Crippen LogP contribution in [0.3, 0.4) is 0 Å². The van der Waals surface area contributed by atoms with Gasteiger partial charge in [-0.1, -0.05) is 12.1 Å². The molecule has 2 aliphatic heterocycles. The van der Waals surface area contributed by atoms with Gasteiger partial charge >= 0.3 is 0 Å². The molecule has 0 unspecified atom stereocenters. The molecule has 2 aliphatic rings. The van der Waals surface area contributed by atoms with Gasteiger partial charge in [-0.3, -0.25) is 0 Å². The molecule has 0 bridgehead atoms. The Morgan fingerprint density at radius 3 is 3.05 bits per heavy atom. The van der Waals surface area contributed by atoms with Crippen LogP contribution in [0.4, 0.5) is 0 Å². The lowest BCUT2D eigenvalue weighted by atomic mass is 9.94. The first-order valence-corrected chi connectivity index (χ1v) is 6.76. The third-order valence-electron chi connectivity index (χ3n) is 3.92. The second-order valence-corrected chi connectivity index (χ2v) is 5.66. The third kappa shape index (κ3) is 1.46. The number of hydrogen-bond donors (Lipinski definition) is 1. The zero-order valence-corrected chi connectivity index (χ0v) is 11.2. The molecule has 0 fully saturated rings. The van der Waals surface area contributed by atoms with Crippen LogP contribution in [0, 0.1) is 0 Å². The molecule has 19 heavy (non-hydrogen) atoms. The molecule has 3 heterocycles. The molecule has 4 nitrogen and oxygen atoms in total. The Kier molecular flexibility index (Phi) is 2.10. The molecule has 1 N–H and O–H groups in total. The topological polar surface area (TPSA) is 39.1 Å². The summed E-state index contributed by atoms with van der Waals surface area (Å²) in [4.78, 5) is 4.85. The van der Waals surface area contributed by atoms with Crippen molar-refractivity contribution in [3.63, 3.8) is 0 Å². The second kappa shape index (κ2) is 3.61. The van der Waals surface area contributed by atoms with Crippen molar-refractivity contribution in [3.8, 4) is 17.0 Å². The first kappa shape index (κ1) is 11.1. The molecule has 4 rings (SSSR count). The summed E-state index contributed by atoms with van der Waals surface area (Å²) in [6.07, 6.45) is 0. The van der Waals surface area contributed by atoms with Crippen LogP contribution in [0.1, 0.15) is 25.4 Å².